The molecular weight excluding hydrogens is 288 g/mol. The minimum atomic E-state index is -2.03. The molecule has 0 heterocycles. The van der Waals surface area contributed by atoms with Gasteiger partial charge in [0, 0.05) is 23.4 Å². The summed E-state index contributed by atoms with van der Waals surface area (Å²) in [5, 5.41) is 32.7. The highest BCUT2D eigenvalue weighted by atomic mass is 28.3. The Morgan fingerprint density at radius 2 is 1.10 bits per heavy atom. The van der Waals surface area contributed by atoms with E-state index >= 15 is 0 Å². The summed E-state index contributed by atoms with van der Waals surface area (Å²) in [5.74, 6) is -4.84. The second kappa shape index (κ2) is 8.64. The van der Waals surface area contributed by atoms with Crippen LogP contribution in [0.4, 0.5) is 0 Å². The molecule has 0 aliphatic rings. The van der Waals surface area contributed by atoms with Gasteiger partial charge in [-0.2, -0.15) is 0 Å². The van der Waals surface area contributed by atoms with Gasteiger partial charge in [-0.05, 0) is 0 Å². The van der Waals surface area contributed by atoms with Gasteiger partial charge in [-0.15, -0.1) is 0 Å². The number of hydrogen-bond donors (Lipinski definition) is 4. The molecule has 112 valence electrons. The molecule has 0 fully saturated rings. The van der Waals surface area contributed by atoms with Crippen LogP contribution in [0.3, 0.4) is 0 Å². The average molecular weight is 304 g/mol. The van der Waals surface area contributed by atoms with Crippen molar-refractivity contribution in [2.45, 2.75) is 19.6 Å². The molecule has 9 heteroatoms. The van der Waals surface area contributed by atoms with Crippen molar-refractivity contribution in [2.75, 3.05) is 0 Å². The summed E-state index contributed by atoms with van der Waals surface area (Å²) >= 11 is 0. The van der Waals surface area contributed by atoms with Gasteiger partial charge in [-0.3, -0.25) is 0 Å². The predicted octanol–water partition coefficient (Wildman–Crippen LogP) is 0.671. The first-order valence-corrected chi connectivity index (χ1v) is 8.70. The Bertz CT molecular complexity index is 440. The van der Waals surface area contributed by atoms with Crippen molar-refractivity contribution >= 4 is 32.0 Å². The molecule has 0 aliphatic carbocycles. The number of aliphatic carboxylic acids is 4. The third-order valence-corrected chi connectivity index (χ3v) is 3.65. The smallest absolute Gasteiger partial charge is 0.328 e. The van der Waals surface area contributed by atoms with Crippen LogP contribution in [0.1, 0.15) is 0 Å². The molecule has 0 aromatic carbocycles. The number of carboxylic acid groups (broad SMARTS) is 4. The maximum absolute atomic E-state index is 10.6. The van der Waals surface area contributed by atoms with E-state index in [1.165, 1.54) is 0 Å². The Hall–Kier alpha value is -2.42. The van der Waals surface area contributed by atoms with E-state index in [1.807, 2.05) is 0 Å². The highest BCUT2D eigenvalue weighted by Gasteiger charge is 2.26. The summed E-state index contributed by atoms with van der Waals surface area (Å²) in [6.45, 7) is 5.36. The fraction of sp³-hybridized carbons (Fsp3) is 0.273. The van der Waals surface area contributed by atoms with Crippen molar-refractivity contribution in [3.8, 4) is 0 Å². The minimum absolute atomic E-state index is 0.0370. The van der Waals surface area contributed by atoms with Gasteiger partial charge in [0.05, 0.1) is 8.07 Å². The number of hydrogen-bond acceptors (Lipinski definition) is 4. The monoisotopic (exact) mass is 304 g/mol. The highest BCUT2D eigenvalue weighted by Crippen LogP contribution is 2.14. The van der Waals surface area contributed by atoms with E-state index < -0.39 is 32.0 Å². The maximum Gasteiger partial charge on any atom is 0.328 e. The molecular formula is C11H16O8Si. The summed E-state index contributed by atoms with van der Waals surface area (Å²) in [6, 6.07) is 0. The summed E-state index contributed by atoms with van der Waals surface area (Å²) in [6.07, 6.45) is 1.90. The van der Waals surface area contributed by atoms with E-state index in [0.717, 1.165) is 6.08 Å². The third kappa shape index (κ3) is 12.0. The first-order chi connectivity index (χ1) is 8.87. The first kappa shape index (κ1) is 19.9. The quantitative estimate of drug-likeness (QED) is 0.427. The molecule has 0 amide bonds. The topological polar surface area (TPSA) is 149 Å². The van der Waals surface area contributed by atoms with E-state index in [0.29, 0.717) is 12.2 Å². The largest absolute Gasteiger partial charge is 0.478 e. The predicted molar refractivity (Wildman–Crippen MR) is 71.1 cm³/mol. The maximum atomic E-state index is 10.6. The van der Waals surface area contributed by atoms with Crippen molar-refractivity contribution < 1.29 is 39.6 Å². The first-order valence-electron chi connectivity index (χ1n) is 5.20. The van der Waals surface area contributed by atoms with Gasteiger partial charge >= 0.3 is 23.9 Å². The highest BCUT2D eigenvalue weighted by molar-refractivity contribution is 6.87. The zero-order chi connectivity index (χ0) is 16.5. The second-order valence-electron chi connectivity index (χ2n) is 4.46. The zero-order valence-corrected chi connectivity index (χ0v) is 12.2. The molecule has 0 unspecified atom stereocenters. The molecule has 0 atom stereocenters. The Balaban J connectivity index is 0. The summed E-state index contributed by atoms with van der Waals surface area (Å²) in [4.78, 5) is 39.9. The lowest BCUT2D eigenvalue weighted by molar-refractivity contribution is -0.134. The SMILES string of the molecule is C[Si](C)(C)C(=CC(=O)O)C(=O)O.O=C(O)C=CC(=O)O. The van der Waals surface area contributed by atoms with E-state index in [2.05, 4.69) is 0 Å². The molecule has 0 aromatic heterocycles. The van der Waals surface area contributed by atoms with Crippen LogP contribution in [-0.2, 0) is 19.2 Å². The van der Waals surface area contributed by atoms with Gasteiger partial charge in [-0.25, -0.2) is 19.2 Å². The lowest BCUT2D eigenvalue weighted by Gasteiger charge is -2.15. The molecule has 0 rings (SSSR count). The lowest BCUT2D eigenvalue weighted by atomic mass is 10.5. The molecule has 0 saturated carbocycles. The van der Waals surface area contributed by atoms with Crippen molar-refractivity contribution in [3.05, 3.63) is 23.4 Å². The molecule has 20 heavy (non-hydrogen) atoms. The van der Waals surface area contributed by atoms with Crippen molar-refractivity contribution in [2.24, 2.45) is 0 Å². The molecule has 0 saturated heterocycles. The summed E-state index contributed by atoms with van der Waals surface area (Å²) < 4.78 is 0. The number of carbonyl (C=O) groups is 4. The molecule has 0 aliphatic heterocycles. The Morgan fingerprint density at radius 3 is 1.20 bits per heavy atom. The van der Waals surface area contributed by atoms with Gasteiger partial charge in [-0.1, -0.05) is 19.6 Å². The average Bonchev–Trinajstić information content (AvgIpc) is 2.22. The van der Waals surface area contributed by atoms with E-state index in [1.54, 1.807) is 19.6 Å². The van der Waals surface area contributed by atoms with Crippen molar-refractivity contribution in [3.63, 3.8) is 0 Å². The van der Waals surface area contributed by atoms with Crippen LogP contribution in [0.15, 0.2) is 23.4 Å². The number of carboxylic acids is 4. The summed E-state index contributed by atoms with van der Waals surface area (Å²) in [7, 11) is -2.03. The van der Waals surface area contributed by atoms with Gasteiger partial charge < -0.3 is 20.4 Å². The normalized spacial score (nSPS) is 11.4. The fourth-order valence-electron chi connectivity index (χ4n) is 0.865. The number of rotatable bonds is 5. The van der Waals surface area contributed by atoms with Crippen molar-refractivity contribution in [1.29, 1.82) is 0 Å². The molecule has 0 aromatic rings. The van der Waals surface area contributed by atoms with Crippen LogP contribution >= 0.6 is 0 Å². The molecule has 0 spiro atoms. The van der Waals surface area contributed by atoms with E-state index in [9.17, 15) is 19.2 Å². The standard InChI is InChI=1S/C7H12O4Si.C4H4O4/c1-12(2,3)5(7(10)11)4-6(8)9;5-3(6)1-2-4(7)8/h4H,1-3H3,(H,8,9)(H,10,11);1-2H,(H,5,6)(H,7,8). The third-order valence-electron chi connectivity index (χ3n) is 1.67. The van der Waals surface area contributed by atoms with Gasteiger partial charge in [0.25, 0.3) is 0 Å². The molecule has 8 nitrogen and oxygen atoms in total. The van der Waals surface area contributed by atoms with Gasteiger partial charge in [0.2, 0.25) is 0 Å². The van der Waals surface area contributed by atoms with Crippen LogP contribution in [0, 0.1) is 0 Å². The lowest BCUT2D eigenvalue weighted by Crippen LogP contribution is -2.30. The van der Waals surface area contributed by atoms with E-state index in [4.69, 9.17) is 20.4 Å². The Kier molecular flexibility index (Phi) is 8.60. The Morgan fingerprint density at radius 1 is 0.750 bits per heavy atom. The van der Waals surface area contributed by atoms with Gasteiger partial charge in [0.1, 0.15) is 0 Å². The van der Waals surface area contributed by atoms with Crippen molar-refractivity contribution in [1.82, 2.24) is 0 Å². The Labute approximate surface area is 115 Å². The van der Waals surface area contributed by atoms with Crippen LogP contribution in [0.25, 0.3) is 0 Å². The second-order valence-corrected chi connectivity index (χ2v) is 9.50. The minimum Gasteiger partial charge on any atom is -0.478 e. The van der Waals surface area contributed by atoms with Crippen LogP contribution in [0.5, 0.6) is 0 Å². The van der Waals surface area contributed by atoms with Gasteiger partial charge in [0.15, 0.2) is 0 Å². The molecule has 0 bridgehead atoms. The van der Waals surface area contributed by atoms with E-state index in [-0.39, 0.29) is 5.20 Å². The zero-order valence-electron chi connectivity index (χ0n) is 11.2. The van der Waals surface area contributed by atoms with Crippen LogP contribution < -0.4 is 0 Å². The summed E-state index contributed by atoms with van der Waals surface area (Å²) in [5.41, 5.74) is 0. The molecule has 0 radical (unpaired) electrons. The fourth-order valence-corrected chi connectivity index (χ4v) is 2.06. The van der Waals surface area contributed by atoms with Crippen LogP contribution in [-0.4, -0.2) is 52.4 Å². The molecule has 4 N–H and O–H groups in total. The van der Waals surface area contributed by atoms with Crippen LogP contribution in [0.2, 0.25) is 19.6 Å².